The molecular formula is C23H23N3O2. The molecule has 142 valence electrons. The number of rotatable bonds is 6. The van der Waals surface area contributed by atoms with Gasteiger partial charge in [-0.05, 0) is 55.2 Å². The minimum absolute atomic E-state index is 0.245. The zero-order chi connectivity index (χ0) is 20.3. The lowest BCUT2D eigenvalue weighted by Crippen LogP contribution is -2.14. The first-order valence-corrected chi connectivity index (χ1v) is 9.26. The minimum Gasteiger partial charge on any atom is -0.508 e. The summed E-state index contributed by atoms with van der Waals surface area (Å²) in [5, 5.41) is 18.5. The Hall–Kier alpha value is -3.52. The first kappa shape index (κ1) is 19.2. The molecule has 1 aromatic heterocycles. The number of hydrogen-bond donors (Lipinski definition) is 2. The van der Waals surface area contributed by atoms with Crippen molar-refractivity contribution < 1.29 is 9.90 Å². The summed E-state index contributed by atoms with van der Waals surface area (Å²) < 4.78 is 2.15. The summed E-state index contributed by atoms with van der Waals surface area (Å²) in [7, 11) is 0. The van der Waals surface area contributed by atoms with Gasteiger partial charge in [0, 0.05) is 23.5 Å². The molecule has 28 heavy (non-hydrogen) atoms. The Kier molecular flexibility index (Phi) is 5.51. The number of benzene rings is 2. The van der Waals surface area contributed by atoms with Crippen LogP contribution in [0.3, 0.4) is 0 Å². The fourth-order valence-corrected chi connectivity index (χ4v) is 3.70. The van der Waals surface area contributed by atoms with Crippen LogP contribution in [0.2, 0.25) is 0 Å². The average Bonchev–Trinajstić information content (AvgIpc) is 2.99. The van der Waals surface area contributed by atoms with E-state index in [0.29, 0.717) is 17.7 Å². The van der Waals surface area contributed by atoms with Gasteiger partial charge >= 0.3 is 0 Å². The Balaban J connectivity index is 2.06. The molecular weight excluding hydrogens is 350 g/mol. The number of hydrogen-bond acceptors (Lipinski definition) is 3. The van der Waals surface area contributed by atoms with Crippen molar-refractivity contribution in [2.45, 2.75) is 33.2 Å². The van der Waals surface area contributed by atoms with Crippen molar-refractivity contribution in [3.8, 4) is 22.9 Å². The van der Waals surface area contributed by atoms with Crippen LogP contribution in [0.4, 0.5) is 0 Å². The molecule has 0 saturated heterocycles. The summed E-state index contributed by atoms with van der Waals surface area (Å²) >= 11 is 0. The number of amides is 1. The standard InChI is InChI=1S/C23H23N3O2/c1-3-20-22(18-8-4-17(14-24)5-9-18)21(23(25)28)15(2)26(20)13-12-16-6-10-19(27)11-7-16/h4-11,27H,3,12-13H2,1-2H3,(H2,25,28). The van der Waals surface area contributed by atoms with Crippen LogP contribution in [0.5, 0.6) is 5.75 Å². The molecule has 0 unspecified atom stereocenters. The van der Waals surface area contributed by atoms with Crippen LogP contribution in [0.15, 0.2) is 48.5 Å². The molecule has 1 heterocycles. The Labute approximate surface area is 164 Å². The lowest BCUT2D eigenvalue weighted by molar-refractivity contribution is 0.1000. The van der Waals surface area contributed by atoms with Crippen LogP contribution < -0.4 is 5.73 Å². The van der Waals surface area contributed by atoms with Crippen molar-refractivity contribution in [2.24, 2.45) is 5.73 Å². The second-order valence-corrected chi connectivity index (χ2v) is 6.76. The van der Waals surface area contributed by atoms with E-state index < -0.39 is 5.91 Å². The van der Waals surface area contributed by atoms with E-state index in [1.165, 1.54) is 0 Å². The van der Waals surface area contributed by atoms with E-state index >= 15 is 0 Å². The smallest absolute Gasteiger partial charge is 0.251 e. The van der Waals surface area contributed by atoms with Gasteiger partial charge in [0.05, 0.1) is 17.2 Å². The monoisotopic (exact) mass is 373 g/mol. The maximum atomic E-state index is 12.3. The van der Waals surface area contributed by atoms with E-state index in [9.17, 15) is 9.90 Å². The SMILES string of the molecule is CCc1c(-c2ccc(C#N)cc2)c(C(N)=O)c(C)n1CCc1ccc(O)cc1. The largest absolute Gasteiger partial charge is 0.508 e. The Morgan fingerprint density at radius 3 is 2.32 bits per heavy atom. The predicted octanol–water partition coefficient (Wildman–Crippen LogP) is 3.94. The summed E-state index contributed by atoms with van der Waals surface area (Å²) in [5.74, 6) is -0.204. The normalized spacial score (nSPS) is 10.6. The number of phenolic OH excluding ortho intramolecular Hbond substituents is 1. The van der Waals surface area contributed by atoms with Gasteiger partial charge in [-0.2, -0.15) is 5.26 Å². The molecule has 0 radical (unpaired) electrons. The number of carbonyl (C=O) groups excluding carboxylic acids is 1. The molecule has 3 rings (SSSR count). The molecule has 0 aliphatic heterocycles. The molecule has 5 nitrogen and oxygen atoms in total. The third-order valence-electron chi connectivity index (χ3n) is 5.08. The van der Waals surface area contributed by atoms with Crippen LogP contribution in [-0.4, -0.2) is 15.6 Å². The van der Waals surface area contributed by atoms with Crippen molar-refractivity contribution >= 4 is 5.91 Å². The van der Waals surface area contributed by atoms with Crippen LogP contribution in [0.25, 0.3) is 11.1 Å². The zero-order valence-corrected chi connectivity index (χ0v) is 16.1. The lowest BCUT2D eigenvalue weighted by atomic mass is 9.98. The van der Waals surface area contributed by atoms with Gasteiger partial charge in [-0.15, -0.1) is 0 Å². The topological polar surface area (TPSA) is 92.0 Å². The maximum Gasteiger partial charge on any atom is 0.251 e. The van der Waals surface area contributed by atoms with Crippen molar-refractivity contribution in [1.82, 2.24) is 4.57 Å². The van der Waals surface area contributed by atoms with Gasteiger partial charge in [0.1, 0.15) is 5.75 Å². The van der Waals surface area contributed by atoms with Crippen LogP contribution >= 0.6 is 0 Å². The number of aryl methyl sites for hydroxylation is 1. The molecule has 1 amide bonds. The van der Waals surface area contributed by atoms with Crippen LogP contribution in [0, 0.1) is 18.3 Å². The molecule has 0 bridgehead atoms. The van der Waals surface area contributed by atoms with Gasteiger partial charge in [0.2, 0.25) is 0 Å². The Bertz CT molecular complexity index is 1040. The van der Waals surface area contributed by atoms with E-state index in [4.69, 9.17) is 11.0 Å². The quantitative estimate of drug-likeness (QED) is 0.685. The van der Waals surface area contributed by atoms with E-state index in [-0.39, 0.29) is 5.75 Å². The van der Waals surface area contributed by atoms with Gasteiger partial charge in [0.25, 0.3) is 5.91 Å². The van der Waals surface area contributed by atoms with Crippen molar-refractivity contribution in [1.29, 1.82) is 5.26 Å². The number of aromatic hydroxyl groups is 1. The molecule has 3 N–H and O–H groups in total. The van der Waals surface area contributed by atoms with Crippen molar-refractivity contribution in [2.75, 3.05) is 0 Å². The number of aromatic nitrogens is 1. The third-order valence-corrected chi connectivity index (χ3v) is 5.08. The van der Waals surface area contributed by atoms with Gasteiger partial charge in [-0.1, -0.05) is 31.2 Å². The molecule has 2 aromatic carbocycles. The predicted molar refractivity (Wildman–Crippen MR) is 109 cm³/mol. The van der Waals surface area contributed by atoms with Gasteiger partial charge < -0.3 is 15.4 Å². The van der Waals surface area contributed by atoms with Crippen LogP contribution in [0.1, 0.15) is 39.8 Å². The number of nitrogens with zero attached hydrogens (tertiary/aromatic N) is 2. The Morgan fingerprint density at radius 1 is 1.14 bits per heavy atom. The molecule has 3 aromatic rings. The zero-order valence-electron chi connectivity index (χ0n) is 16.1. The summed E-state index contributed by atoms with van der Waals surface area (Å²) in [6.07, 6.45) is 1.52. The molecule has 0 atom stereocenters. The number of nitrogens with two attached hydrogens (primary N) is 1. The highest BCUT2D eigenvalue weighted by molar-refractivity contribution is 6.02. The minimum atomic E-state index is -0.449. The highest BCUT2D eigenvalue weighted by atomic mass is 16.3. The van der Waals surface area contributed by atoms with Gasteiger partial charge in [-0.25, -0.2) is 0 Å². The molecule has 0 saturated carbocycles. The second kappa shape index (κ2) is 8.01. The number of carbonyl (C=O) groups is 1. The number of nitriles is 1. The highest BCUT2D eigenvalue weighted by Crippen LogP contribution is 2.33. The first-order chi connectivity index (χ1) is 13.5. The highest BCUT2D eigenvalue weighted by Gasteiger charge is 2.23. The van der Waals surface area contributed by atoms with Gasteiger partial charge in [-0.3, -0.25) is 4.79 Å². The molecule has 0 aliphatic carbocycles. The van der Waals surface area contributed by atoms with Gasteiger partial charge in [0.15, 0.2) is 0 Å². The van der Waals surface area contributed by atoms with Crippen molar-refractivity contribution in [3.05, 3.63) is 76.6 Å². The van der Waals surface area contributed by atoms with E-state index in [0.717, 1.165) is 40.9 Å². The molecule has 5 heteroatoms. The number of phenols is 1. The van der Waals surface area contributed by atoms with Crippen LogP contribution in [-0.2, 0) is 19.4 Å². The summed E-state index contributed by atoms with van der Waals surface area (Å²) in [5.41, 5.74) is 11.6. The molecule has 0 spiro atoms. The van der Waals surface area contributed by atoms with E-state index in [2.05, 4.69) is 17.6 Å². The summed E-state index contributed by atoms with van der Waals surface area (Å²) in [6, 6.07) is 16.5. The lowest BCUT2D eigenvalue weighted by Gasteiger charge is -2.12. The third kappa shape index (κ3) is 3.63. The second-order valence-electron chi connectivity index (χ2n) is 6.76. The number of primary amides is 1. The van der Waals surface area contributed by atoms with Crippen molar-refractivity contribution in [3.63, 3.8) is 0 Å². The van der Waals surface area contributed by atoms with E-state index in [1.54, 1.807) is 24.3 Å². The fourth-order valence-electron chi connectivity index (χ4n) is 3.70. The maximum absolute atomic E-state index is 12.3. The average molecular weight is 373 g/mol. The first-order valence-electron chi connectivity index (χ1n) is 9.26. The molecule has 0 fully saturated rings. The summed E-state index contributed by atoms with van der Waals surface area (Å²) in [6.45, 7) is 4.68. The fraction of sp³-hybridized carbons (Fsp3) is 0.217. The van der Waals surface area contributed by atoms with E-state index in [1.807, 2.05) is 31.2 Å². The molecule has 0 aliphatic rings. The Morgan fingerprint density at radius 2 is 1.79 bits per heavy atom. The summed E-state index contributed by atoms with van der Waals surface area (Å²) in [4.78, 5) is 12.3.